The van der Waals surface area contributed by atoms with Crippen LogP contribution in [0, 0.1) is 5.82 Å². The third-order valence-electron chi connectivity index (χ3n) is 3.03. The number of carbonyl (C=O) groups excluding carboxylic acids is 1. The lowest BCUT2D eigenvalue weighted by atomic mass is 10.1. The second-order valence-corrected chi connectivity index (χ2v) is 5.56. The van der Waals surface area contributed by atoms with Gasteiger partial charge in [0.25, 0.3) is 0 Å². The average molecular weight is 336 g/mol. The molecule has 2 nitrogen and oxygen atoms in total. The third kappa shape index (κ3) is 4.17. The molecule has 104 valence electrons. The second kappa shape index (κ2) is 6.66. The molecule has 0 aromatic heterocycles. The molecule has 1 atom stereocenters. The van der Waals surface area contributed by atoms with E-state index >= 15 is 0 Å². The van der Waals surface area contributed by atoms with Gasteiger partial charge >= 0.3 is 0 Å². The van der Waals surface area contributed by atoms with Crippen LogP contribution in [0.2, 0.25) is 0 Å². The van der Waals surface area contributed by atoms with E-state index in [0.717, 1.165) is 15.6 Å². The van der Waals surface area contributed by atoms with Crippen LogP contribution in [0.15, 0.2) is 53.0 Å². The first-order valence-electron chi connectivity index (χ1n) is 6.34. The highest BCUT2D eigenvalue weighted by atomic mass is 79.9. The molecular weight excluding hydrogens is 321 g/mol. The standard InChI is InChI=1S/C16H15BrFNO/c1-11(13-4-6-14(17)7-5-13)19-16(20)10-12-2-8-15(18)9-3-12/h2-9,11H,10H2,1H3,(H,19,20). The highest BCUT2D eigenvalue weighted by molar-refractivity contribution is 9.10. The van der Waals surface area contributed by atoms with Crippen molar-refractivity contribution in [2.75, 3.05) is 0 Å². The number of amides is 1. The summed E-state index contributed by atoms with van der Waals surface area (Å²) < 4.78 is 13.8. The van der Waals surface area contributed by atoms with Crippen molar-refractivity contribution in [1.82, 2.24) is 5.32 Å². The maximum Gasteiger partial charge on any atom is 0.224 e. The Bertz CT molecular complexity index is 580. The van der Waals surface area contributed by atoms with Crippen LogP contribution in [0.25, 0.3) is 0 Å². The quantitative estimate of drug-likeness (QED) is 0.898. The SMILES string of the molecule is CC(NC(=O)Cc1ccc(F)cc1)c1ccc(Br)cc1. The molecular formula is C16H15BrFNO. The molecule has 0 aliphatic carbocycles. The van der Waals surface area contributed by atoms with E-state index in [-0.39, 0.29) is 24.2 Å². The summed E-state index contributed by atoms with van der Waals surface area (Å²) >= 11 is 3.38. The lowest BCUT2D eigenvalue weighted by Gasteiger charge is -2.14. The molecule has 0 saturated carbocycles. The van der Waals surface area contributed by atoms with Gasteiger partial charge in [-0.2, -0.15) is 0 Å². The minimum Gasteiger partial charge on any atom is -0.349 e. The molecule has 0 aliphatic rings. The Balaban J connectivity index is 1.93. The van der Waals surface area contributed by atoms with E-state index in [0.29, 0.717) is 0 Å². The minimum absolute atomic E-state index is 0.0592. The molecule has 2 rings (SSSR count). The van der Waals surface area contributed by atoms with Crippen molar-refractivity contribution >= 4 is 21.8 Å². The van der Waals surface area contributed by atoms with Gasteiger partial charge in [0, 0.05) is 4.47 Å². The fraction of sp³-hybridized carbons (Fsp3) is 0.188. The van der Waals surface area contributed by atoms with Crippen molar-refractivity contribution in [3.8, 4) is 0 Å². The first kappa shape index (κ1) is 14.7. The molecule has 0 radical (unpaired) electrons. The maximum absolute atomic E-state index is 12.8. The summed E-state index contributed by atoms with van der Waals surface area (Å²) in [5.41, 5.74) is 1.84. The largest absolute Gasteiger partial charge is 0.349 e. The monoisotopic (exact) mass is 335 g/mol. The number of carbonyl (C=O) groups is 1. The van der Waals surface area contributed by atoms with Crippen molar-refractivity contribution in [3.05, 3.63) is 69.9 Å². The molecule has 0 heterocycles. The Hall–Kier alpha value is -1.68. The zero-order valence-electron chi connectivity index (χ0n) is 11.1. The van der Waals surface area contributed by atoms with Crippen molar-refractivity contribution in [2.45, 2.75) is 19.4 Å². The van der Waals surface area contributed by atoms with Crippen LogP contribution in [0.3, 0.4) is 0 Å². The van der Waals surface area contributed by atoms with Crippen molar-refractivity contribution < 1.29 is 9.18 Å². The number of benzene rings is 2. The van der Waals surface area contributed by atoms with Crippen LogP contribution in [-0.2, 0) is 11.2 Å². The lowest BCUT2D eigenvalue weighted by molar-refractivity contribution is -0.121. The van der Waals surface area contributed by atoms with Crippen LogP contribution in [0.4, 0.5) is 4.39 Å². The highest BCUT2D eigenvalue weighted by Gasteiger charge is 2.10. The normalized spacial score (nSPS) is 11.9. The molecule has 1 N–H and O–H groups in total. The van der Waals surface area contributed by atoms with Crippen molar-refractivity contribution in [1.29, 1.82) is 0 Å². The zero-order chi connectivity index (χ0) is 14.5. The number of hydrogen-bond acceptors (Lipinski definition) is 1. The van der Waals surface area contributed by atoms with Gasteiger partial charge in [-0.3, -0.25) is 4.79 Å². The number of nitrogens with one attached hydrogen (secondary N) is 1. The van der Waals surface area contributed by atoms with Crippen LogP contribution >= 0.6 is 15.9 Å². The zero-order valence-corrected chi connectivity index (χ0v) is 12.7. The fourth-order valence-corrected chi connectivity index (χ4v) is 2.18. The van der Waals surface area contributed by atoms with Gasteiger partial charge in [-0.1, -0.05) is 40.2 Å². The molecule has 2 aromatic carbocycles. The molecule has 4 heteroatoms. The molecule has 2 aromatic rings. The first-order valence-corrected chi connectivity index (χ1v) is 7.13. The van der Waals surface area contributed by atoms with E-state index in [4.69, 9.17) is 0 Å². The lowest BCUT2D eigenvalue weighted by Crippen LogP contribution is -2.28. The van der Waals surface area contributed by atoms with Gasteiger partial charge in [0.2, 0.25) is 5.91 Å². The third-order valence-corrected chi connectivity index (χ3v) is 3.55. The van der Waals surface area contributed by atoms with Crippen molar-refractivity contribution in [3.63, 3.8) is 0 Å². The summed E-state index contributed by atoms with van der Waals surface area (Å²) in [5.74, 6) is -0.371. The summed E-state index contributed by atoms with van der Waals surface area (Å²) in [4.78, 5) is 11.9. The Morgan fingerprint density at radius 3 is 2.35 bits per heavy atom. The summed E-state index contributed by atoms with van der Waals surface area (Å²) in [7, 11) is 0. The van der Waals surface area contributed by atoms with E-state index < -0.39 is 0 Å². The van der Waals surface area contributed by atoms with Gasteiger partial charge in [0.15, 0.2) is 0 Å². The van der Waals surface area contributed by atoms with E-state index in [1.807, 2.05) is 31.2 Å². The number of rotatable bonds is 4. The van der Waals surface area contributed by atoms with Crippen LogP contribution in [0.1, 0.15) is 24.1 Å². The summed E-state index contributed by atoms with van der Waals surface area (Å²) in [6.45, 7) is 1.94. The van der Waals surface area contributed by atoms with Crippen LogP contribution in [0.5, 0.6) is 0 Å². The van der Waals surface area contributed by atoms with Gasteiger partial charge in [-0.25, -0.2) is 4.39 Å². The van der Waals surface area contributed by atoms with E-state index in [9.17, 15) is 9.18 Å². The first-order chi connectivity index (χ1) is 9.54. The van der Waals surface area contributed by atoms with E-state index in [1.54, 1.807) is 12.1 Å². The smallest absolute Gasteiger partial charge is 0.224 e. The molecule has 1 amide bonds. The Morgan fingerprint density at radius 2 is 1.75 bits per heavy atom. The van der Waals surface area contributed by atoms with Gasteiger partial charge in [0.1, 0.15) is 5.82 Å². The fourth-order valence-electron chi connectivity index (χ4n) is 1.91. The molecule has 0 spiro atoms. The predicted octanol–water partition coefficient (Wildman–Crippen LogP) is 4.01. The molecule has 0 bridgehead atoms. The minimum atomic E-state index is -0.294. The van der Waals surface area contributed by atoms with Crippen LogP contribution in [-0.4, -0.2) is 5.91 Å². The average Bonchev–Trinajstić information content (AvgIpc) is 2.42. The molecule has 1 unspecified atom stereocenters. The second-order valence-electron chi connectivity index (χ2n) is 4.64. The number of hydrogen-bond donors (Lipinski definition) is 1. The molecule has 0 aliphatic heterocycles. The number of halogens is 2. The van der Waals surface area contributed by atoms with E-state index in [1.165, 1.54) is 12.1 Å². The highest BCUT2D eigenvalue weighted by Crippen LogP contribution is 2.16. The molecule has 0 fully saturated rings. The predicted molar refractivity (Wildman–Crippen MR) is 80.8 cm³/mol. The van der Waals surface area contributed by atoms with E-state index in [2.05, 4.69) is 21.2 Å². The summed E-state index contributed by atoms with van der Waals surface area (Å²) in [5, 5.41) is 2.93. The van der Waals surface area contributed by atoms with Crippen LogP contribution < -0.4 is 5.32 Å². The Labute approximate surface area is 126 Å². The van der Waals surface area contributed by atoms with Crippen molar-refractivity contribution in [2.24, 2.45) is 0 Å². The van der Waals surface area contributed by atoms with Gasteiger partial charge in [-0.15, -0.1) is 0 Å². The van der Waals surface area contributed by atoms with Gasteiger partial charge in [0.05, 0.1) is 12.5 Å². The topological polar surface area (TPSA) is 29.1 Å². The van der Waals surface area contributed by atoms with Gasteiger partial charge < -0.3 is 5.32 Å². The molecule has 20 heavy (non-hydrogen) atoms. The van der Waals surface area contributed by atoms with Gasteiger partial charge in [-0.05, 0) is 42.3 Å². The molecule has 0 saturated heterocycles. The Kier molecular flexibility index (Phi) is 4.90. The Morgan fingerprint density at radius 1 is 1.15 bits per heavy atom. The summed E-state index contributed by atoms with van der Waals surface area (Å²) in [6.07, 6.45) is 0.251. The maximum atomic E-state index is 12.8. The summed E-state index contributed by atoms with van der Waals surface area (Å²) in [6, 6.07) is 13.7.